The molecular weight excluding hydrogens is 721 g/mol. The molecule has 0 spiro atoms. The van der Waals surface area contributed by atoms with Gasteiger partial charge in [0.15, 0.2) is 0 Å². The first-order valence-electron chi connectivity index (χ1n) is 3.29. The average molecular weight is 724 g/mol. The van der Waals surface area contributed by atoms with Gasteiger partial charge in [-0.3, -0.25) is 0 Å². The minimum absolute atomic E-state index is 0. The SMILES string of the molecule is P.[Mo+6].[O]=[V](=[O])[O-].[O]=[V](=[O])[O-].[O]=[V](=[O])[O-].[O]=[V](=[O])[O-].[O]=[V](=[O])[O-].[O]=[V](=[O])[O-]. The number of hydrogen-bond donors (Lipinski definition) is 0. The Balaban J connectivity index is -0.0000000245. The predicted molar refractivity (Wildman–Crippen MR) is 19.3 cm³/mol. The maximum atomic E-state index is 8.56. The fraction of sp³-hybridized carbons (Fsp3) is 0. The summed E-state index contributed by atoms with van der Waals surface area (Å²) >= 11 is -23.6. The van der Waals surface area contributed by atoms with Crippen molar-refractivity contribution in [2.75, 3.05) is 0 Å². The van der Waals surface area contributed by atoms with E-state index in [4.69, 9.17) is 68.3 Å². The molecule has 1 atom stereocenters. The Morgan fingerprint density at radius 3 is 0.308 bits per heavy atom. The van der Waals surface area contributed by atoms with E-state index in [0.717, 1.165) is 0 Å². The Labute approximate surface area is 189 Å². The molecule has 0 radical (unpaired) electrons. The van der Waals surface area contributed by atoms with Crippen molar-refractivity contribution in [3.05, 3.63) is 0 Å². The van der Waals surface area contributed by atoms with Gasteiger partial charge in [0.25, 0.3) is 0 Å². The van der Waals surface area contributed by atoms with Crippen LogP contribution < -0.4 is 24.2 Å². The molecule has 0 saturated carbocycles. The van der Waals surface area contributed by atoms with Crippen LogP contribution in [0.15, 0.2) is 0 Å². The number of hydrogen-bond acceptors (Lipinski definition) is 18. The molecule has 152 valence electrons. The first-order chi connectivity index (χ1) is 10.4. The van der Waals surface area contributed by atoms with Crippen LogP contribution in [-0.4, -0.2) is 0 Å². The molecule has 0 fully saturated rings. The van der Waals surface area contributed by atoms with Gasteiger partial charge in [-0.2, -0.15) is 9.90 Å². The van der Waals surface area contributed by atoms with Crippen LogP contribution in [0.25, 0.3) is 0 Å². The Bertz CT molecular complexity index is 477. The molecule has 18 nitrogen and oxygen atoms in total. The van der Waals surface area contributed by atoms with Crippen LogP contribution in [0.4, 0.5) is 0 Å². The second-order valence-corrected chi connectivity index (χ2v) is 5.53. The molecule has 1 unspecified atom stereocenters. The van der Waals surface area contributed by atoms with Crippen LogP contribution in [0.3, 0.4) is 0 Å². The first-order valence-corrected chi connectivity index (χ1v) is 13.5. The van der Waals surface area contributed by atoms with Crippen molar-refractivity contribution in [3.63, 3.8) is 0 Å². The van der Waals surface area contributed by atoms with Gasteiger partial charge in [-0.15, -0.1) is 0 Å². The Morgan fingerprint density at radius 2 is 0.308 bits per heavy atom. The van der Waals surface area contributed by atoms with Gasteiger partial charge in [0, 0.05) is 0 Å². The third kappa shape index (κ3) is 4120. The van der Waals surface area contributed by atoms with Gasteiger partial charge in [0.2, 0.25) is 0 Å². The van der Waals surface area contributed by atoms with E-state index in [0.29, 0.717) is 0 Å². The molecule has 0 bridgehead atoms. The fourth-order valence-electron chi connectivity index (χ4n) is 0. The van der Waals surface area contributed by atoms with E-state index in [1.165, 1.54) is 0 Å². The molecule has 0 aliphatic carbocycles. The molecule has 0 rings (SSSR count). The van der Waals surface area contributed by atoms with Gasteiger partial charge >= 0.3 is 182 Å². The van der Waals surface area contributed by atoms with Crippen LogP contribution >= 0.6 is 9.90 Å². The molecule has 0 saturated heterocycles. The summed E-state index contributed by atoms with van der Waals surface area (Å²) in [5.41, 5.74) is 0. The zero-order valence-corrected chi connectivity index (χ0v) is 22.9. The second kappa shape index (κ2) is 45.6. The molecule has 0 heterocycles. The monoisotopic (exact) mass is 725 g/mol. The summed E-state index contributed by atoms with van der Waals surface area (Å²) in [6.45, 7) is 0. The van der Waals surface area contributed by atoms with Crippen molar-refractivity contribution in [3.8, 4) is 0 Å². The topological polar surface area (TPSA) is 343 Å². The summed E-state index contributed by atoms with van der Waals surface area (Å²) in [6.07, 6.45) is 0. The third-order valence-electron chi connectivity index (χ3n) is 0. The van der Waals surface area contributed by atoms with E-state index in [2.05, 4.69) is 0 Å². The summed E-state index contributed by atoms with van der Waals surface area (Å²) in [5.74, 6) is 0. The van der Waals surface area contributed by atoms with Crippen molar-refractivity contribution in [2.45, 2.75) is 0 Å². The summed E-state index contributed by atoms with van der Waals surface area (Å²) in [7, 11) is 0. The molecule has 0 amide bonds. The van der Waals surface area contributed by atoms with Gasteiger partial charge in [-0.1, -0.05) is 0 Å². The van der Waals surface area contributed by atoms with E-state index in [-0.39, 0.29) is 31.0 Å². The van der Waals surface area contributed by atoms with Crippen LogP contribution in [0.5, 0.6) is 0 Å². The molecule has 0 aliphatic rings. The predicted octanol–water partition coefficient (Wildman–Crippen LogP) is -8.52. The van der Waals surface area contributed by atoms with Gasteiger partial charge < -0.3 is 0 Å². The van der Waals surface area contributed by atoms with Crippen molar-refractivity contribution in [2.24, 2.45) is 0 Å². The third-order valence-corrected chi connectivity index (χ3v) is 0. The molecule has 0 aromatic carbocycles. The van der Waals surface area contributed by atoms with Crippen molar-refractivity contribution in [1.82, 2.24) is 0 Å². The molecule has 0 N–H and O–H groups in total. The standard InChI is InChI=1S/Mo.18O.H3P.6V/h;;;;;;;;;;;;;;;;;;;1H3;;;;;;/q+6;;;;;;;;;;;;;6*-1;;;;;;;. The van der Waals surface area contributed by atoms with E-state index in [9.17, 15) is 0 Å². The second-order valence-electron chi connectivity index (χ2n) is 1.34. The Kier molecular flexibility index (Phi) is 89.5. The fourth-order valence-corrected chi connectivity index (χ4v) is 0. The van der Waals surface area contributed by atoms with Crippen LogP contribution in [0, 0.1) is 0 Å². The van der Waals surface area contributed by atoms with Crippen molar-refractivity contribution in [1.29, 1.82) is 0 Å². The molecule has 0 aliphatic heterocycles. The van der Waals surface area contributed by atoms with E-state index >= 15 is 0 Å². The number of rotatable bonds is 0. The molecule has 0 aromatic heterocycles. The van der Waals surface area contributed by atoms with E-state index in [1.807, 2.05) is 0 Å². The van der Waals surface area contributed by atoms with E-state index < -0.39 is 92.4 Å². The minimum atomic E-state index is -3.94. The summed E-state index contributed by atoms with van der Waals surface area (Å²) in [4.78, 5) is 0. The van der Waals surface area contributed by atoms with Gasteiger partial charge in [-0.25, -0.2) is 0 Å². The first kappa shape index (κ1) is 51.0. The van der Waals surface area contributed by atoms with Crippen LogP contribution in [0.2, 0.25) is 0 Å². The molecular formula is H3MoO18PV6. The quantitative estimate of drug-likeness (QED) is 0.165. The van der Waals surface area contributed by atoms with Crippen molar-refractivity contribution >= 4 is 9.90 Å². The van der Waals surface area contributed by atoms with Gasteiger partial charge in [0.05, 0.1) is 0 Å². The maximum absolute atomic E-state index is 8.56. The molecule has 26 heavy (non-hydrogen) atoms. The summed E-state index contributed by atoms with van der Waals surface area (Å²) in [6, 6.07) is 0. The Hall–Kier alpha value is 1.98. The van der Waals surface area contributed by atoms with Crippen molar-refractivity contribution < 1.29 is 182 Å². The zero-order valence-electron chi connectivity index (χ0n) is 11.1. The Morgan fingerprint density at radius 1 is 0.308 bits per heavy atom. The molecule has 26 heteroatoms. The van der Waals surface area contributed by atoms with Gasteiger partial charge in [0.1, 0.15) is 0 Å². The average Bonchev–Trinajstić information content (AvgIpc) is 2.08. The van der Waals surface area contributed by atoms with Crippen LogP contribution in [-0.2, 0) is 158 Å². The van der Waals surface area contributed by atoms with E-state index in [1.54, 1.807) is 0 Å². The summed E-state index contributed by atoms with van der Waals surface area (Å²) < 4.78 is 154. The zero-order chi connectivity index (χ0) is 21.5. The molecule has 0 aromatic rings. The van der Waals surface area contributed by atoms with Gasteiger partial charge in [-0.05, 0) is 0 Å². The van der Waals surface area contributed by atoms with Crippen LogP contribution in [0.1, 0.15) is 0 Å². The normalized spacial score (nSPS) is 5.77. The summed E-state index contributed by atoms with van der Waals surface area (Å²) in [5, 5.41) is 0.